The first-order chi connectivity index (χ1) is 12.5. The molecule has 0 spiro atoms. The van der Waals surface area contributed by atoms with E-state index in [1.165, 1.54) is 7.11 Å². The molecule has 0 fully saturated rings. The first-order valence-electron chi connectivity index (χ1n) is 8.18. The van der Waals surface area contributed by atoms with Gasteiger partial charge in [0, 0.05) is 18.2 Å². The smallest absolute Gasteiger partial charge is 0.411 e. The summed E-state index contributed by atoms with van der Waals surface area (Å²) in [4.78, 5) is 24.8. The topological polar surface area (TPSA) is 73.2 Å². The fourth-order valence-corrected chi connectivity index (χ4v) is 3.35. The fraction of sp³-hybridized carbons (Fsp3) is 0.150. The van der Waals surface area contributed by atoms with Crippen LogP contribution in [0.1, 0.15) is 21.5 Å². The molecule has 0 radical (unpaired) electrons. The third kappa shape index (κ3) is 2.30. The second kappa shape index (κ2) is 5.84. The van der Waals surface area contributed by atoms with E-state index in [1.54, 1.807) is 16.8 Å². The van der Waals surface area contributed by atoms with E-state index < -0.39 is 6.09 Å². The van der Waals surface area contributed by atoms with Gasteiger partial charge in [0.1, 0.15) is 5.69 Å². The molecule has 0 saturated carbocycles. The lowest BCUT2D eigenvalue weighted by atomic mass is 10.0. The Labute approximate surface area is 150 Å². The van der Waals surface area contributed by atoms with E-state index in [4.69, 9.17) is 0 Å². The second-order valence-electron chi connectivity index (χ2n) is 6.24. The normalized spacial score (nSPS) is 11.9. The molecule has 1 N–H and O–H groups in total. The molecule has 0 aliphatic heterocycles. The van der Waals surface area contributed by atoms with Crippen molar-refractivity contribution in [1.29, 1.82) is 0 Å². The molecule has 1 aliphatic carbocycles. The summed E-state index contributed by atoms with van der Waals surface area (Å²) in [5.74, 6) is -0.148. The van der Waals surface area contributed by atoms with Crippen LogP contribution in [0.25, 0.3) is 22.5 Å². The quantitative estimate of drug-likeness (QED) is 0.599. The number of aromatic nitrogens is 2. The number of nitrogens with one attached hydrogen (secondary N) is 1. The number of amides is 1. The molecule has 0 bridgehead atoms. The minimum absolute atomic E-state index is 0.148. The molecule has 3 aromatic rings. The minimum Gasteiger partial charge on any atom is -0.453 e. The molecule has 2 aromatic carbocycles. The van der Waals surface area contributed by atoms with Gasteiger partial charge in [0.05, 0.1) is 29.6 Å². The van der Waals surface area contributed by atoms with Crippen LogP contribution in [0.5, 0.6) is 0 Å². The SMILES string of the molecule is COC(=O)Nc1cccc2c1C(=O)c1c-2nn(C)c1-c1ccc(C)cc1. The van der Waals surface area contributed by atoms with E-state index in [1.807, 2.05) is 44.3 Å². The number of nitrogens with zero attached hydrogens (tertiary/aromatic N) is 2. The fourth-order valence-electron chi connectivity index (χ4n) is 3.35. The Morgan fingerprint density at radius 3 is 2.54 bits per heavy atom. The van der Waals surface area contributed by atoms with Gasteiger partial charge in [-0.05, 0) is 13.0 Å². The van der Waals surface area contributed by atoms with Crippen molar-refractivity contribution in [3.63, 3.8) is 0 Å². The van der Waals surface area contributed by atoms with E-state index in [0.717, 1.165) is 16.8 Å². The van der Waals surface area contributed by atoms with Crippen molar-refractivity contribution in [3.05, 3.63) is 59.2 Å². The number of ketones is 1. The molecule has 6 heteroatoms. The Balaban J connectivity index is 1.89. The first kappa shape index (κ1) is 16.1. The molecular weight excluding hydrogens is 330 g/mol. The van der Waals surface area contributed by atoms with Crippen LogP contribution in [-0.4, -0.2) is 28.8 Å². The minimum atomic E-state index is -0.616. The number of hydrogen-bond acceptors (Lipinski definition) is 4. The lowest BCUT2D eigenvalue weighted by Gasteiger charge is -2.10. The van der Waals surface area contributed by atoms with Crippen molar-refractivity contribution in [2.75, 3.05) is 12.4 Å². The number of methoxy groups -OCH3 is 1. The molecule has 1 amide bonds. The highest BCUT2D eigenvalue weighted by molar-refractivity contribution is 6.26. The van der Waals surface area contributed by atoms with Gasteiger partial charge in [-0.3, -0.25) is 14.8 Å². The summed E-state index contributed by atoms with van der Waals surface area (Å²) >= 11 is 0. The summed E-state index contributed by atoms with van der Waals surface area (Å²) in [7, 11) is 3.11. The van der Waals surface area contributed by atoms with Crippen molar-refractivity contribution >= 4 is 17.6 Å². The van der Waals surface area contributed by atoms with Gasteiger partial charge in [-0.15, -0.1) is 0 Å². The highest BCUT2D eigenvalue weighted by Gasteiger charge is 2.36. The largest absolute Gasteiger partial charge is 0.453 e. The number of carbonyl (C=O) groups excluding carboxylic acids is 2. The Kier molecular flexibility index (Phi) is 3.61. The van der Waals surface area contributed by atoms with Gasteiger partial charge in [-0.2, -0.15) is 5.10 Å². The Morgan fingerprint density at radius 2 is 1.85 bits per heavy atom. The van der Waals surface area contributed by atoms with Gasteiger partial charge in [0.15, 0.2) is 5.78 Å². The Bertz CT molecular complexity index is 1050. The molecule has 0 unspecified atom stereocenters. The van der Waals surface area contributed by atoms with Gasteiger partial charge in [0.25, 0.3) is 0 Å². The maximum atomic E-state index is 13.2. The summed E-state index contributed by atoms with van der Waals surface area (Å²) < 4.78 is 6.38. The maximum Gasteiger partial charge on any atom is 0.411 e. The summed E-state index contributed by atoms with van der Waals surface area (Å²) in [6.07, 6.45) is -0.616. The van der Waals surface area contributed by atoms with E-state index in [9.17, 15) is 9.59 Å². The van der Waals surface area contributed by atoms with Crippen molar-refractivity contribution in [2.45, 2.75) is 6.92 Å². The average Bonchev–Trinajstić information content (AvgIpc) is 3.11. The molecule has 6 nitrogen and oxygen atoms in total. The number of anilines is 1. The number of carbonyl (C=O) groups is 2. The van der Waals surface area contributed by atoms with Crippen LogP contribution in [0.15, 0.2) is 42.5 Å². The van der Waals surface area contributed by atoms with Gasteiger partial charge < -0.3 is 4.74 Å². The van der Waals surface area contributed by atoms with E-state index in [-0.39, 0.29) is 5.78 Å². The van der Waals surface area contributed by atoms with E-state index in [0.29, 0.717) is 28.1 Å². The summed E-state index contributed by atoms with van der Waals surface area (Å²) in [6, 6.07) is 13.3. The number of fused-ring (bicyclic) bond motifs is 3. The summed E-state index contributed by atoms with van der Waals surface area (Å²) in [5.41, 5.74) is 5.63. The lowest BCUT2D eigenvalue weighted by Crippen LogP contribution is -2.14. The molecule has 1 aromatic heterocycles. The van der Waals surface area contributed by atoms with Crippen molar-refractivity contribution in [2.24, 2.45) is 7.05 Å². The monoisotopic (exact) mass is 347 g/mol. The highest BCUT2D eigenvalue weighted by Crippen LogP contribution is 2.43. The van der Waals surface area contributed by atoms with Gasteiger partial charge in [-0.1, -0.05) is 42.0 Å². The highest BCUT2D eigenvalue weighted by atomic mass is 16.5. The standard InChI is InChI=1S/C20H17N3O3/c1-11-7-9-12(10-8-11)18-16-17(22-23(18)2)13-5-4-6-14(15(13)19(16)24)21-20(25)26-3/h4-10H,1-3H3,(H,21,25). The predicted octanol–water partition coefficient (Wildman–Crippen LogP) is 3.79. The van der Waals surface area contributed by atoms with Crippen molar-refractivity contribution < 1.29 is 14.3 Å². The molecule has 4 rings (SSSR count). The molecule has 1 aliphatic rings. The molecule has 26 heavy (non-hydrogen) atoms. The van der Waals surface area contributed by atoms with Crippen LogP contribution in [0.4, 0.5) is 10.5 Å². The maximum absolute atomic E-state index is 13.2. The molecule has 0 atom stereocenters. The number of rotatable bonds is 2. The van der Waals surface area contributed by atoms with Crippen LogP contribution in [0.3, 0.4) is 0 Å². The van der Waals surface area contributed by atoms with Crippen LogP contribution < -0.4 is 5.32 Å². The predicted molar refractivity (Wildman–Crippen MR) is 98.3 cm³/mol. The van der Waals surface area contributed by atoms with Crippen LogP contribution in [-0.2, 0) is 11.8 Å². The Hall–Kier alpha value is -3.41. The van der Waals surface area contributed by atoms with Crippen molar-refractivity contribution in [1.82, 2.24) is 9.78 Å². The number of aryl methyl sites for hydroxylation is 2. The summed E-state index contributed by atoms with van der Waals surface area (Å²) in [6.45, 7) is 2.02. The number of benzene rings is 2. The molecule has 0 saturated heterocycles. The van der Waals surface area contributed by atoms with Crippen LogP contribution in [0.2, 0.25) is 0 Å². The lowest BCUT2D eigenvalue weighted by molar-refractivity contribution is 0.104. The van der Waals surface area contributed by atoms with Gasteiger partial charge in [0.2, 0.25) is 0 Å². The van der Waals surface area contributed by atoms with Crippen LogP contribution in [0, 0.1) is 6.92 Å². The summed E-state index contributed by atoms with van der Waals surface area (Å²) in [5, 5.41) is 7.19. The molecule has 1 heterocycles. The number of hydrogen-bond donors (Lipinski definition) is 1. The first-order valence-corrected chi connectivity index (χ1v) is 8.18. The molecular formula is C20H17N3O3. The number of ether oxygens (including phenoxy) is 1. The van der Waals surface area contributed by atoms with Crippen LogP contribution >= 0.6 is 0 Å². The Morgan fingerprint density at radius 1 is 1.12 bits per heavy atom. The zero-order chi connectivity index (χ0) is 18.4. The van der Waals surface area contributed by atoms with Crippen molar-refractivity contribution in [3.8, 4) is 22.5 Å². The molecule has 130 valence electrons. The zero-order valence-electron chi connectivity index (χ0n) is 14.7. The van der Waals surface area contributed by atoms with E-state index >= 15 is 0 Å². The third-order valence-corrected chi connectivity index (χ3v) is 4.57. The van der Waals surface area contributed by atoms with Gasteiger partial charge >= 0.3 is 6.09 Å². The van der Waals surface area contributed by atoms with E-state index in [2.05, 4.69) is 15.2 Å². The average molecular weight is 347 g/mol. The zero-order valence-corrected chi connectivity index (χ0v) is 14.7. The second-order valence-corrected chi connectivity index (χ2v) is 6.24. The van der Waals surface area contributed by atoms with Gasteiger partial charge in [-0.25, -0.2) is 4.79 Å². The third-order valence-electron chi connectivity index (χ3n) is 4.57.